The van der Waals surface area contributed by atoms with Crippen LogP contribution in [0.25, 0.3) is 0 Å². The molecule has 0 spiro atoms. The van der Waals surface area contributed by atoms with Crippen LogP contribution >= 0.6 is 0 Å². The molecule has 0 aliphatic rings. The van der Waals surface area contributed by atoms with Gasteiger partial charge in [0, 0.05) is 19.7 Å². The fourth-order valence-corrected chi connectivity index (χ4v) is 1.03. The van der Waals surface area contributed by atoms with Crippen molar-refractivity contribution in [1.82, 2.24) is 5.32 Å². The monoisotopic (exact) mass is 187 g/mol. The van der Waals surface area contributed by atoms with Crippen LogP contribution in [0.2, 0.25) is 0 Å². The Bertz CT molecular complexity index is 134. The molecule has 0 rings (SSSR count). The minimum Gasteiger partial charge on any atom is -0.377 e. The molecule has 13 heavy (non-hydrogen) atoms. The van der Waals surface area contributed by atoms with Gasteiger partial charge in [-0.2, -0.15) is 0 Å². The Morgan fingerprint density at radius 1 is 1.31 bits per heavy atom. The highest BCUT2D eigenvalue weighted by Gasteiger charge is 2.18. The van der Waals surface area contributed by atoms with Crippen LogP contribution in [0.15, 0.2) is 0 Å². The third kappa shape index (κ3) is 5.27. The van der Waals surface area contributed by atoms with Gasteiger partial charge in [0.25, 0.3) is 0 Å². The minimum absolute atomic E-state index is 0.0538. The average Bonchev–Trinajstić information content (AvgIpc) is 2.13. The molecule has 0 aliphatic carbocycles. The minimum atomic E-state index is -0.0538. The molecule has 0 amide bonds. The molecule has 0 radical (unpaired) electrons. The summed E-state index contributed by atoms with van der Waals surface area (Å²) in [6, 6.07) is 0.569. The molecule has 0 aliphatic heterocycles. The van der Waals surface area contributed by atoms with Crippen molar-refractivity contribution in [3.63, 3.8) is 0 Å². The summed E-state index contributed by atoms with van der Waals surface area (Å²) in [4.78, 5) is 0. The molecular weight excluding hydrogens is 162 g/mol. The second-order valence-corrected chi connectivity index (χ2v) is 4.52. The van der Waals surface area contributed by atoms with Gasteiger partial charge in [-0.1, -0.05) is 20.3 Å². The van der Waals surface area contributed by atoms with Gasteiger partial charge in [0.1, 0.15) is 0 Å². The van der Waals surface area contributed by atoms with Crippen LogP contribution in [0, 0.1) is 5.92 Å². The van der Waals surface area contributed by atoms with Crippen LogP contribution in [0.5, 0.6) is 0 Å². The van der Waals surface area contributed by atoms with Crippen LogP contribution in [0.1, 0.15) is 41.0 Å². The van der Waals surface area contributed by atoms with Gasteiger partial charge < -0.3 is 10.1 Å². The normalized spacial score (nSPS) is 17.1. The van der Waals surface area contributed by atoms with Crippen molar-refractivity contribution >= 4 is 0 Å². The predicted octanol–water partition coefficient (Wildman–Crippen LogP) is 2.44. The van der Waals surface area contributed by atoms with Crippen molar-refractivity contribution in [2.45, 2.75) is 52.7 Å². The number of methoxy groups -OCH3 is 1. The highest BCUT2D eigenvalue weighted by atomic mass is 16.5. The second kappa shape index (κ2) is 5.61. The lowest BCUT2D eigenvalue weighted by Crippen LogP contribution is -2.42. The summed E-state index contributed by atoms with van der Waals surface area (Å²) in [7, 11) is 1.76. The number of hydrogen-bond acceptors (Lipinski definition) is 2. The lowest BCUT2D eigenvalue weighted by molar-refractivity contribution is 0.0201. The van der Waals surface area contributed by atoms with E-state index in [1.165, 1.54) is 6.42 Å². The Balaban J connectivity index is 3.75. The zero-order valence-electron chi connectivity index (χ0n) is 9.98. The van der Waals surface area contributed by atoms with Gasteiger partial charge in [-0.05, 0) is 26.7 Å². The standard InChI is InChI=1S/C11H25NO/c1-7-9(2)10(3)12-8-11(4,5)13-6/h9-10,12H,7-8H2,1-6H3. The van der Waals surface area contributed by atoms with Crippen molar-refractivity contribution < 1.29 is 4.74 Å². The molecule has 0 bridgehead atoms. The van der Waals surface area contributed by atoms with Gasteiger partial charge in [-0.3, -0.25) is 0 Å². The topological polar surface area (TPSA) is 21.3 Å². The zero-order valence-corrected chi connectivity index (χ0v) is 9.98. The largest absolute Gasteiger partial charge is 0.377 e. The van der Waals surface area contributed by atoms with Crippen LogP contribution in [0.3, 0.4) is 0 Å². The predicted molar refractivity (Wildman–Crippen MR) is 58.0 cm³/mol. The van der Waals surface area contributed by atoms with E-state index in [1.807, 2.05) is 0 Å². The van der Waals surface area contributed by atoms with E-state index in [4.69, 9.17) is 4.74 Å². The number of nitrogens with one attached hydrogen (secondary N) is 1. The summed E-state index contributed by atoms with van der Waals surface area (Å²) in [5.41, 5.74) is -0.0538. The van der Waals surface area contributed by atoms with E-state index in [0.717, 1.165) is 12.5 Å². The van der Waals surface area contributed by atoms with Crippen molar-refractivity contribution in [2.24, 2.45) is 5.92 Å². The maximum atomic E-state index is 5.34. The average molecular weight is 187 g/mol. The fourth-order valence-electron chi connectivity index (χ4n) is 1.03. The highest BCUT2D eigenvalue weighted by molar-refractivity contribution is 4.75. The maximum Gasteiger partial charge on any atom is 0.0746 e. The van der Waals surface area contributed by atoms with Crippen molar-refractivity contribution in [3.05, 3.63) is 0 Å². The molecule has 2 unspecified atom stereocenters. The molecule has 0 aromatic carbocycles. The summed E-state index contributed by atoms with van der Waals surface area (Å²) in [6.07, 6.45) is 1.22. The zero-order chi connectivity index (χ0) is 10.5. The molecular formula is C11H25NO. The molecule has 0 saturated heterocycles. The number of hydrogen-bond donors (Lipinski definition) is 1. The number of ether oxygens (including phenoxy) is 1. The first kappa shape index (κ1) is 12.9. The second-order valence-electron chi connectivity index (χ2n) is 4.52. The Morgan fingerprint density at radius 3 is 2.23 bits per heavy atom. The van der Waals surface area contributed by atoms with Gasteiger partial charge in [-0.15, -0.1) is 0 Å². The summed E-state index contributed by atoms with van der Waals surface area (Å²) in [5.74, 6) is 0.729. The Labute approximate surface area is 83.1 Å². The smallest absolute Gasteiger partial charge is 0.0746 e. The third-order valence-corrected chi connectivity index (χ3v) is 2.90. The van der Waals surface area contributed by atoms with Crippen LogP contribution in [-0.4, -0.2) is 25.3 Å². The van der Waals surface area contributed by atoms with Crippen LogP contribution < -0.4 is 5.32 Å². The quantitative estimate of drug-likeness (QED) is 0.689. The molecule has 0 saturated carbocycles. The molecule has 2 heteroatoms. The van der Waals surface area contributed by atoms with Gasteiger partial charge >= 0.3 is 0 Å². The van der Waals surface area contributed by atoms with Crippen molar-refractivity contribution in [1.29, 1.82) is 0 Å². The van der Waals surface area contributed by atoms with Crippen molar-refractivity contribution in [2.75, 3.05) is 13.7 Å². The first-order chi connectivity index (χ1) is 5.93. The van der Waals surface area contributed by atoms with E-state index in [2.05, 4.69) is 39.9 Å². The lowest BCUT2D eigenvalue weighted by atomic mass is 10.00. The summed E-state index contributed by atoms with van der Waals surface area (Å²) in [6.45, 7) is 11.9. The molecule has 2 atom stereocenters. The van der Waals surface area contributed by atoms with Crippen molar-refractivity contribution in [3.8, 4) is 0 Å². The van der Waals surface area contributed by atoms with E-state index in [-0.39, 0.29) is 5.60 Å². The maximum absolute atomic E-state index is 5.34. The molecule has 0 heterocycles. The third-order valence-electron chi connectivity index (χ3n) is 2.90. The first-order valence-electron chi connectivity index (χ1n) is 5.21. The van der Waals surface area contributed by atoms with Crippen LogP contribution in [-0.2, 0) is 4.74 Å². The molecule has 0 fully saturated rings. The van der Waals surface area contributed by atoms with E-state index in [9.17, 15) is 0 Å². The first-order valence-corrected chi connectivity index (χ1v) is 5.21. The summed E-state index contributed by atoms with van der Waals surface area (Å²) in [5, 5.41) is 3.50. The van der Waals surface area contributed by atoms with Gasteiger partial charge in [0.2, 0.25) is 0 Å². The molecule has 80 valence electrons. The molecule has 1 N–H and O–H groups in total. The SMILES string of the molecule is CCC(C)C(C)NCC(C)(C)OC. The van der Waals surface area contributed by atoms with Crippen LogP contribution in [0.4, 0.5) is 0 Å². The van der Waals surface area contributed by atoms with Gasteiger partial charge in [0.15, 0.2) is 0 Å². The summed E-state index contributed by atoms with van der Waals surface area (Å²) < 4.78 is 5.34. The van der Waals surface area contributed by atoms with E-state index < -0.39 is 0 Å². The van der Waals surface area contributed by atoms with Gasteiger partial charge in [0.05, 0.1) is 5.60 Å². The Kier molecular flexibility index (Phi) is 5.57. The Hall–Kier alpha value is -0.0800. The Morgan fingerprint density at radius 2 is 1.85 bits per heavy atom. The van der Waals surface area contributed by atoms with E-state index >= 15 is 0 Å². The molecule has 0 aromatic rings. The number of rotatable bonds is 6. The van der Waals surface area contributed by atoms with Gasteiger partial charge in [-0.25, -0.2) is 0 Å². The van der Waals surface area contributed by atoms with E-state index in [1.54, 1.807) is 7.11 Å². The van der Waals surface area contributed by atoms with E-state index in [0.29, 0.717) is 6.04 Å². The fraction of sp³-hybridized carbons (Fsp3) is 1.00. The molecule has 2 nitrogen and oxygen atoms in total. The lowest BCUT2D eigenvalue weighted by Gasteiger charge is -2.28. The molecule has 0 aromatic heterocycles. The highest BCUT2D eigenvalue weighted by Crippen LogP contribution is 2.10. The summed E-state index contributed by atoms with van der Waals surface area (Å²) >= 11 is 0.